The van der Waals surface area contributed by atoms with Gasteiger partial charge in [-0.05, 0) is 94.2 Å². The second-order valence-corrected chi connectivity index (χ2v) is 17.1. The molecule has 0 atom stereocenters. The number of fused-ring (bicyclic) bond motifs is 13. The van der Waals surface area contributed by atoms with Crippen LogP contribution in [0.2, 0.25) is 0 Å². The van der Waals surface area contributed by atoms with Gasteiger partial charge in [-0.15, -0.1) is 0 Å². The molecule has 14 rings (SSSR count). The van der Waals surface area contributed by atoms with Crippen molar-refractivity contribution < 1.29 is 8.83 Å². The maximum absolute atomic E-state index is 6.75. The number of anilines is 3. The number of hydrogen-bond acceptors (Lipinski definition) is 3. The zero-order valence-electron chi connectivity index (χ0n) is 35.7. The van der Waals surface area contributed by atoms with Gasteiger partial charge in [0.05, 0.1) is 28.1 Å². The van der Waals surface area contributed by atoms with Crippen LogP contribution in [0.25, 0.3) is 115 Å². The number of hydrogen-bond donors (Lipinski definition) is 0. The average Bonchev–Trinajstić information content (AvgIpc) is 4.07. The predicted octanol–water partition coefficient (Wildman–Crippen LogP) is 17.7. The molecule has 0 unspecified atom stereocenters. The quantitative estimate of drug-likeness (QED) is 0.167. The summed E-state index contributed by atoms with van der Waals surface area (Å²) in [4.78, 5) is 2.44. The van der Waals surface area contributed by atoms with E-state index < -0.39 is 0 Å². The van der Waals surface area contributed by atoms with Gasteiger partial charge in [0.1, 0.15) is 22.3 Å². The van der Waals surface area contributed by atoms with Crippen LogP contribution in [0.5, 0.6) is 0 Å². The van der Waals surface area contributed by atoms with E-state index in [9.17, 15) is 0 Å². The van der Waals surface area contributed by atoms with Crippen LogP contribution in [0.4, 0.5) is 17.1 Å². The SMILES string of the molecule is c1ccc(N(c2ccc(-c3cccc4oc5c6ccccc6ccc5c34)cc2)c2ccccc2-n2c3ccccc3c3ccccc32)c(-c2cccc3oc4c5ccccc5ccc4c23)c1. The van der Waals surface area contributed by atoms with Gasteiger partial charge in [-0.1, -0.05) is 164 Å². The molecule has 66 heavy (non-hydrogen) atoms. The first kappa shape index (κ1) is 36.6. The molecule has 308 valence electrons. The first-order valence-electron chi connectivity index (χ1n) is 22.5. The topological polar surface area (TPSA) is 34.5 Å². The highest BCUT2D eigenvalue weighted by atomic mass is 16.3. The smallest absolute Gasteiger partial charge is 0.143 e. The Morgan fingerprint density at radius 3 is 1.44 bits per heavy atom. The number of para-hydroxylation sites is 5. The fourth-order valence-electron chi connectivity index (χ4n) is 10.7. The van der Waals surface area contributed by atoms with Crippen LogP contribution < -0.4 is 4.90 Å². The molecule has 3 aromatic heterocycles. The molecule has 0 aliphatic carbocycles. The van der Waals surface area contributed by atoms with Gasteiger partial charge in [-0.25, -0.2) is 0 Å². The molecular weight excluding hydrogens is 805 g/mol. The van der Waals surface area contributed by atoms with Gasteiger partial charge < -0.3 is 18.3 Å². The molecule has 0 saturated carbocycles. The molecule has 0 radical (unpaired) electrons. The summed E-state index contributed by atoms with van der Waals surface area (Å²) >= 11 is 0. The van der Waals surface area contributed by atoms with Gasteiger partial charge in [0.25, 0.3) is 0 Å². The maximum Gasteiger partial charge on any atom is 0.143 e. The number of furan rings is 2. The lowest BCUT2D eigenvalue weighted by Gasteiger charge is -2.30. The van der Waals surface area contributed by atoms with Crippen LogP contribution in [-0.4, -0.2) is 4.57 Å². The van der Waals surface area contributed by atoms with Crippen LogP contribution in [0, 0.1) is 0 Å². The Morgan fingerprint density at radius 1 is 0.318 bits per heavy atom. The molecule has 0 spiro atoms. The molecule has 4 nitrogen and oxygen atoms in total. The first-order chi connectivity index (χ1) is 32.8. The third kappa shape index (κ3) is 5.39. The average molecular weight is 843 g/mol. The molecule has 0 aliphatic heterocycles. The van der Waals surface area contributed by atoms with Crippen molar-refractivity contribution in [1.29, 1.82) is 0 Å². The van der Waals surface area contributed by atoms with E-state index in [-0.39, 0.29) is 0 Å². The van der Waals surface area contributed by atoms with Crippen molar-refractivity contribution in [2.45, 2.75) is 0 Å². The van der Waals surface area contributed by atoms with Crippen molar-refractivity contribution in [3.8, 4) is 27.9 Å². The summed E-state index contributed by atoms with van der Waals surface area (Å²) < 4.78 is 15.8. The minimum absolute atomic E-state index is 0.865. The van der Waals surface area contributed by atoms with Gasteiger partial charge in [0.2, 0.25) is 0 Å². The monoisotopic (exact) mass is 842 g/mol. The second-order valence-electron chi connectivity index (χ2n) is 17.1. The number of rotatable bonds is 6. The van der Waals surface area contributed by atoms with Crippen molar-refractivity contribution in [1.82, 2.24) is 4.57 Å². The lowest BCUT2D eigenvalue weighted by Crippen LogP contribution is -2.14. The standard InChI is InChI=1S/C62H38N2O2/c1-3-17-44-39(15-1)33-37-50-59-43(22-13-29-57(59)65-61(44)50)41-31-35-42(36-32-41)63(55-27-11-12-28-56(55)64-53-25-9-5-19-46(53)47-20-6-10-26-54(47)64)52-24-8-7-21-48(52)49-23-14-30-58-60(49)51-38-34-40-16-2-4-18-45(40)62(51)66-58/h1-38H. The van der Waals surface area contributed by atoms with Crippen LogP contribution in [-0.2, 0) is 0 Å². The molecule has 0 saturated heterocycles. The van der Waals surface area contributed by atoms with Crippen LogP contribution in [0.3, 0.4) is 0 Å². The van der Waals surface area contributed by atoms with E-state index in [0.29, 0.717) is 0 Å². The largest absolute Gasteiger partial charge is 0.455 e. The number of nitrogens with zero attached hydrogens (tertiary/aromatic N) is 2. The molecule has 4 heteroatoms. The van der Waals surface area contributed by atoms with Gasteiger partial charge in [-0.2, -0.15) is 0 Å². The third-order valence-electron chi connectivity index (χ3n) is 13.6. The van der Waals surface area contributed by atoms with E-state index in [0.717, 1.165) is 116 Å². The Labute approximate surface area is 379 Å². The fourth-order valence-corrected chi connectivity index (χ4v) is 10.7. The molecule has 0 aliphatic rings. The highest BCUT2D eigenvalue weighted by Crippen LogP contribution is 2.48. The molecule has 11 aromatic carbocycles. The van der Waals surface area contributed by atoms with Crippen LogP contribution >= 0.6 is 0 Å². The van der Waals surface area contributed by atoms with Gasteiger partial charge in [0.15, 0.2) is 0 Å². The minimum Gasteiger partial charge on any atom is -0.455 e. The van der Waals surface area contributed by atoms with Crippen molar-refractivity contribution in [2.75, 3.05) is 4.90 Å². The highest BCUT2D eigenvalue weighted by molar-refractivity contribution is 6.21. The zero-order chi connectivity index (χ0) is 43.3. The van der Waals surface area contributed by atoms with Gasteiger partial charge in [0, 0.05) is 54.3 Å². The summed E-state index contributed by atoms with van der Waals surface area (Å²) in [7, 11) is 0. The van der Waals surface area contributed by atoms with E-state index in [1.165, 1.54) is 16.2 Å². The van der Waals surface area contributed by atoms with Gasteiger partial charge >= 0.3 is 0 Å². The molecule has 3 heterocycles. The zero-order valence-corrected chi connectivity index (χ0v) is 35.7. The molecule has 0 bridgehead atoms. The summed E-state index contributed by atoms with van der Waals surface area (Å²) in [5.74, 6) is 0. The van der Waals surface area contributed by atoms with E-state index in [1.807, 2.05) is 0 Å². The Kier molecular flexibility index (Phi) is 7.95. The van der Waals surface area contributed by atoms with Crippen molar-refractivity contribution in [2.24, 2.45) is 0 Å². The van der Waals surface area contributed by atoms with E-state index in [4.69, 9.17) is 8.83 Å². The normalized spacial score (nSPS) is 11.9. The molecule has 14 aromatic rings. The lowest BCUT2D eigenvalue weighted by atomic mass is 9.95. The summed E-state index contributed by atoms with van der Waals surface area (Å²) in [6, 6.07) is 82.7. The van der Waals surface area contributed by atoms with Gasteiger partial charge in [-0.3, -0.25) is 0 Å². The molecule has 0 amide bonds. The van der Waals surface area contributed by atoms with Crippen LogP contribution in [0.1, 0.15) is 0 Å². The first-order valence-corrected chi connectivity index (χ1v) is 22.5. The maximum atomic E-state index is 6.75. The summed E-state index contributed by atoms with van der Waals surface area (Å²) in [6.45, 7) is 0. The lowest BCUT2D eigenvalue weighted by molar-refractivity contribution is 0.672. The summed E-state index contributed by atoms with van der Waals surface area (Å²) in [5.41, 5.74) is 14.6. The Hall–Kier alpha value is -8.86. The fraction of sp³-hybridized carbons (Fsp3) is 0. The Bertz CT molecular complexity index is 4190. The Balaban J connectivity index is 1.01. The predicted molar refractivity (Wildman–Crippen MR) is 276 cm³/mol. The second kappa shape index (κ2) is 14.3. The number of aromatic nitrogens is 1. The highest BCUT2D eigenvalue weighted by Gasteiger charge is 2.25. The molecule has 0 fully saturated rings. The van der Waals surface area contributed by atoms with E-state index in [2.05, 4.69) is 240 Å². The number of benzene rings is 11. The van der Waals surface area contributed by atoms with E-state index >= 15 is 0 Å². The minimum atomic E-state index is 0.865. The van der Waals surface area contributed by atoms with Crippen LogP contribution in [0.15, 0.2) is 239 Å². The molecule has 0 N–H and O–H groups in total. The summed E-state index contributed by atoms with van der Waals surface area (Å²) in [6.07, 6.45) is 0. The summed E-state index contributed by atoms with van der Waals surface area (Å²) in [5, 5.41) is 11.4. The Morgan fingerprint density at radius 2 is 0.803 bits per heavy atom. The molecular formula is C62H38N2O2. The third-order valence-corrected chi connectivity index (χ3v) is 13.6. The van der Waals surface area contributed by atoms with Crippen molar-refractivity contribution in [3.63, 3.8) is 0 Å². The van der Waals surface area contributed by atoms with E-state index in [1.54, 1.807) is 0 Å². The van der Waals surface area contributed by atoms with Crippen molar-refractivity contribution >= 4 is 104 Å². The van der Waals surface area contributed by atoms with Crippen molar-refractivity contribution in [3.05, 3.63) is 231 Å².